The Bertz CT molecular complexity index is 559. The Morgan fingerprint density at radius 2 is 1.82 bits per heavy atom. The van der Waals surface area contributed by atoms with Crippen molar-refractivity contribution >= 4 is 17.6 Å². The average Bonchev–Trinajstić information content (AvgIpc) is 2.42. The fourth-order valence-electron chi connectivity index (χ4n) is 1.83. The molecule has 0 heterocycles. The number of nitrogens with zero attached hydrogens (tertiary/aromatic N) is 1. The largest absolute Gasteiger partial charge is 0.480 e. The van der Waals surface area contributed by atoms with Gasteiger partial charge in [0.05, 0.1) is 17.3 Å². The Balaban J connectivity index is 3.35. The molecule has 0 aromatic heterocycles. The number of amides is 1. The summed E-state index contributed by atoms with van der Waals surface area (Å²) in [7, 11) is 0. The SMILES string of the molecule is CC(C)C(N)C(=O)N(CC(=O)O)c1ccccc1C(F)(F)F. The number of carboxylic acids is 1. The Morgan fingerprint density at radius 3 is 2.27 bits per heavy atom. The van der Waals surface area contributed by atoms with Crippen molar-refractivity contribution in [3.05, 3.63) is 29.8 Å². The van der Waals surface area contributed by atoms with E-state index >= 15 is 0 Å². The molecule has 0 radical (unpaired) electrons. The standard InChI is InChI=1S/C14H17F3N2O3/c1-8(2)12(18)13(22)19(7-11(20)21)10-6-4-3-5-9(10)14(15,16)17/h3-6,8,12H,7,18H2,1-2H3,(H,20,21). The first kappa shape index (κ1) is 18.0. The Morgan fingerprint density at radius 1 is 1.27 bits per heavy atom. The van der Waals surface area contributed by atoms with E-state index in [2.05, 4.69) is 0 Å². The second kappa shape index (κ2) is 6.78. The van der Waals surface area contributed by atoms with E-state index in [9.17, 15) is 22.8 Å². The summed E-state index contributed by atoms with van der Waals surface area (Å²) in [4.78, 5) is 23.8. The highest BCUT2D eigenvalue weighted by Crippen LogP contribution is 2.36. The van der Waals surface area contributed by atoms with Gasteiger partial charge in [-0.3, -0.25) is 14.5 Å². The molecule has 1 aromatic carbocycles. The second-order valence-electron chi connectivity index (χ2n) is 5.10. The molecule has 0 aliphatic heterocycles. The average molecular weight is 318 g/mol. The summed E-state index contributed by atoms with van der Waals surface area (Å²) in [6.45, 7) is 2.35. The van der Waals surface area contributed by atoms with Gasteiger partial charge in [-0.05, 0) is 18.1 Å². The van der Waals surface area contributed by atoms with E-state index in [0.29, 0.717) is 4.90 Å². The summed E-state index contributed by atoms with van der Waals surface area (Å²) in [5, 5.41) is 8.89. The van der Waals surface area contributed by atoms with Crippen LogP contribution in [0.4, 0.5) is 18.9 Å². The molecular formula is C14H17F3N2O3. The summed E-state index contributed by atoms with van der Waals surface area (Å²) in [5.74, 6) is -2.64. The van der Waals surface area contributed by atoms with Crippen molar-refractivity contribution in [3.8, 4) is 0 Å². The Hall–Kier alpha value is -2.09. The van der Waals surface area contributed by atoms with Gasteiger partial charge < -0.3 is 10.8 Å². The summed E-state index contributed by atoms with van der Waals surface area (Å²) in [5.41, 5.74) is 4.07. The van der Waals surface area contributed by atoms with E-state index in [1.165, 1.54) is 6.07 Å². The van der Waals surface area contributed by atoms with Gasteiger partial charge in [0, 0.05) is 0 Å². The third-order valence-electron chi connectivity index (χ3n) is 3.06. The molecule has 1 atom stereocenters. The molecule has 3 N–H and O–H groups in total. The first-order valence-corrected chi connectivity index (χ1v) is 6.50. The summed E-state index contributed by atoms with van der Waals surface area (Å²) < 4.78 is 39.2. The molecule has 1 unspecified atom stereocenters. The molecule has 1 rings (SSSR count). The van der Waals surface area contributed by atoms with Crippen LogP contribution in [0.15, 0.2) is 24.3 Å². The van der Waals surface area contributed by atoms with Gasteiger partial charge in [0.15, 0.2) is 0 Å². The molecule has 0 fully saturated rings. The lowest BCUT2D eigenvalue weighted by atomic mass is 10.0. The molecule has 1 amide bonds. The maximum atomic E-state index is 13.1. The molecule has 5 nitrogen and oxygen atoms in total. The second-order valence-corrected chi connectivity index (χ2v) is 5.10. The Kier molecular flexibility index (Phi) is 5.54. The number of para-hydroxylation sites is 1. The van der Waals surface area contributed by atoms with Crippen LogP contribution in [-0.2, 0) is 15.8 Å². The maximum absolute atomic E-state index is 13.1. The zero-order valence-corrected chi connectivity index (χ0v) is 12.1. The first-order chi connectivity index (χ1) is 10.1. The molecular weight excluding hydrogens is 301 g/mol. The minimum atomic E-state index is -4.71. The van der Waals surface area contributed by atoms with Crippen LogP contribution in [0.1, 0.15) is 19.4 Å². The molecule has 122 valence electrons. The number of benzene rings is 1. The van der Waals surface area contributed by atoms with Gasteiger partial charge in [-0.2, -0.15) is 13.2 Å². The number of carbonyl (C=O) groups is 2. The Labute approximate surface area is 125 Å². The number of anilines is 1. The summed E-state index contributed by atoms with van der Waals surface area (Å²) >= 11 is 0. The van der Waals surface area contributed by atoms with Gasteiger partial charge in [0.2, 0.25) is 5.91 Å². The molecule has 0 bridgehead atoms. The number of carbonyl (C=O) groups excluding carboxylic acids is 1. The van der Waals surface area contributed by atoms with Crippen molar-refractivity contribution in [1.82, 2.24) is 0 Å². The van der Waals surface area contributed by atoms with E-state index in [0.717, 1.165) is 18.2 Å². The zero-order chi connectivity index (χ0) is 17.1. The highest BCUT2D eigenvalue weighted by atomic mass is 19.4. The highest BCUT2D eigenvalue weighted by Gasteiger charge is 2.37. The molecule has 0 aliphatic rings. The van der Waals surface area contributed by atoms with Gasteiger partial charge in [-0.1, -0.05) is 26.0 Å². The number of nitrogens with two attached hydrogens (primary N) is 1. The van der Waals surface area contributed by atoms with Crippen molar-refractivity contribution < 1.29 is 27.9 Å². The molecule has 8 heteroatoms. The predicted molar refractivity (Wildman–Crippen MR) is 74.2 cm³/mol. The quantitative estimate of drug-likeness (QED) is 0.871. The van der Waals surface area contributed by atoms with E-state index in [-0.39, 0.29) is 5.92 Å². The topological polar surface area (TPSA) is 83.6 Å². The predicted octanol–water partition coefficient (Wildman–Crippen LogP) is 2.11. The van der Waals surface area contributed by atoms with Crippen LogP contribution in [0, 0.1) is 5.92 Å². The first-order valence-electron chi connectivity index (χ1n) is 6.50. The van der Waals surface area contributed by atoms with Gasteiger partial charge in [0.25, 0.3) is 0 Å². The van der Waals surface area contributed by atoms with Gasteiger partial charge >= 0.3 is 12.1 Å². The lowest BCUT2D eigenvalue weighted by Gasteiger charge is -2.28. The van der Waals surface area contributed by atoms with Gasteiger partial charge in [-0.15, -0.1) is 0 Å². The number of alkyl halides is 3. The normalized spacial score (nSPS) is 13.0. The fourth-order valence-corrected chi connectivity index (χ4v) is 1.83. The van der Waals surface area contributed by atoms with Crippen molar-refractivity contribution in [2.75, 3.05) is 11.4 Å². The van der Waals surface area contributed by atoms with E-state index < -0.39 is 41.9 Å². The van der Waals surface area contributed by atoms with Crippen molar-refractivity contribution in [2.45, 2.75) is 26.1 Å². The van der Waals surface area contributed by atoms with E-state index in [1.54, 1.807) is 13.8 Å². The maximum Gasteiger partial charge on any atom is 0.418 e. The number of rotatable bonds is 5. The molecule has 0 spiro atoms. The van der Waals surface area contributed by atoms with Crippen LogP contribution >= 0.6 is 0 Å². The van der Waals surface area contributed by atoms with Gasteiger partial charge in [0.1, 0.15) is 6.54 Å². The lowest BCUT2D eigenvalue weighted by Crippen LogP contribution is -2.49. The monoisotopic (exact) mass is 318 g/mol. The number of hydrogen-bond donors (Lipinski definition) is 2. The molecule has 0 saturated heterocycles. The summed E-state index contributed by atoms with van der Waals surface area (Å²) in [6.07, 6.45) is -4.71. The molecule has 0 aliphatic carbocycles. The van der Waals surface area contributed by atoms with Crippen LogP contribution in [0.5, 0.6) is 0 Å². The molecule has 1 aromatic rings. The fraction of sp³-hybridized carbons (Fsp3) is 0.429. The number of halogens is 3. The molecule has 22 heavy (non-hydrogen) atoms. The van der Waals surface area contributed by atoms with E-state index in [1.807, 2.05) is 0 Å². The summed E-state index contributed by atoms with van der Waals surface area (Å²) in [6, 6.07) is 3.21. The van der Waals surface area contributed by atoms with E-state index in [4.69, 9.17) is 10.8 Å². The minimum absolute atomic E-state index is 0.346. The third-order valence-corrected chi connectivity index (χ3v) is 3.06. The lowest BCUT2D eigenvalue weighted by molar-refractivity contribution is -0.139. The van der Waals surface area contributed by atoms with Gasteiger partial charge in [-0.25, -0.2) is 0 Å². The zero-order valence-electron chi connectivity index (χ0n) is 12.1. The third kappa shape index (κ3) is 4.20. The smallest absolute Gasteiger partial charge is 0.418 e. The van der Waals surface area contributed by atoms with Crippen molar-refractivity contribution in [2.24, 2.45) is 11.7 Å². The van der Waals surface area contributed by atoms with Crippen LogP contribution in [0.25, 0.3) is 0 Å². The van der Waals surface area contributed by atoms with Crippen LogP contribution in [0.3, 0.4) is 0 Å². The van der Waals surface area contributed by atoms with Crippen molar-refractivity contribution in [1.29, 1.82) is 0 Å². The highest BCUT2D eigenvalue weighted by molar-refractivity contribution is 6.01. The number of hydrogen-bond acceptors (Lipinski definition) is 3. The van der Waals surface area contributed by atoms with Crippen LogP contribution in [-0.4, -0.2) is 29.6 Å². The minimum Gasteiger partial charge on any atom is -0.480 e. The van der Waals surface area contributed by atoms with Crippen LogP contribution in [0.2, 0.25) is 0 Å². The van der Waals surface area contributed by atoms with Crippen molar-refractivity contribution in [3.63, 3.8) is 0 Å². The van der Waals surface area contributed by atoms with Crippen LogP contribution < -0.4 is 10.6 Å². The number of carboxylic acid groups (broad SMARTS) is 1. The molecule has 0 saturated carbocycles. The number of aliphatic carboxylic acids is 1.